The quantitative estimate of drug-likeness (QED) is 0.353. The molecule has 4 aromatic rings. The van der Waals surface area contributed by atoms with Gasteiger partial charge < -0.3 is 10.6 Å². The monoisotopic (exact) mass is 548 g/mol. The molecule has 0 spiro atoms. The lowest BCUT2D eigenvalue weighted by atomic mass is 9.93. The summed E-state index contributed by atoms with van der Waals surface area (Å²) in [5, 5.41) is 16.4. The summed E-state index contributed by atoms with van der Waals surface area (Å²) in [4.78, 5) is 8.62. The summed E-state index contributed by atoms with van der Waals surface area (Å²) in [7, 11) is 0. The predicted molar refractivity (Wildman–Crippen MR) is 152 cm³/mol. The number of hydrogen-bond acceptors (Lipinski definition) is 8. The molecule has 2 N–H and O–H groups in total. The van der Waals surface area contributed by atoms with Crippen molar-refractivity contribution in [2.75, 3.05) is 44.2 Å². The molecule has 1 atom stereocenters. The second-order valence-corrected chi connectivity index (χ2v) is 10.7. The van der Waals surface area contributed by atoms with Crippen molar-refractivity contribution in [1.29, 1.82) is 0 Å². The first kappa shape index (κ1) is 25.6. The predicted octanol–water partition coefficient (Wildman–Crippen LogP) is 4.54. The highest BCUT2D eigenvalue weighted by Gasteiger charge is 2.24. The highest BCUT2D eigenvalue weighted by Crippen LogP contribution is 2.42. The van der Waals surface area contributed by atoms with Crippen LogP contribution in [-0.2, 0) is 6.54 Å². The molecule has 4 heterocycles. The molecule has 0 radical (unpaired) electrons. The van der Waals surface area contributed by atoms with Gasteiger partial charge in [-0.2, -0.15) is 0 Å². The number of fused-ring (bicyclic) bond motifs is 1. The van der Waals surface area contributed by atoms with E-state index in [2.05, 4.69) is 43.8 Å². The number of halogens is 2. The molecule has 1 unspecified atom stereocenters. The first-order chi connectivity index (χ1) is 19.1. The second kappa shape index (κ2) is 11.2. The molecule has 11 heteroatoms. The Morgan fingerprint density at radius 1 is 1.10 bits per heavy atom. The molecule has 0 saturated carbocycles. The number of rotatable bonds is 7. The molecular weight excluding hydrogens is 518 g/mol. The Bertz CT molecular complexity index is 1510. The number of guanidine groups is 1. The number of nitrogens with zero attached hydrogens (tertiary/aromatic N) is 6. The van der Waals surface area contributed by atoms with Crippen LogP contribution in [0.15, 0.2) is 71.9 Å². The van der Waals surface area contributed by atoms with Gasteiger partial charge in [0.05, 0.1) is 30.5 Å². The number of thiophene rings is 1. The Labute approximate surface area is 229 Å². The van der Waals surface area contributed by atoms with Crippen molar-refractivity contribution in [2.24, 2.45) is 4.99 Å². The molecule has 2 aliphatic heterocycles. The third-order valence-corrected chi connectivity index (χ3v) is 8.45. The molecule has 6 rings (SSSR count). The minimum Gasteiger partial charge on any atom is -0.354 e. The molecule has 2 aromatic carbocycles. The van der Waals surface area contributed by atoms with E-state index in [4.69, 9.17) is 0 Å². The molecule has 8 nitrogen and oxygen atoms in total. The van der Waals surface area contributed by atoms with E-state index in [1.807, 2.05) is 29.2 Å². The maximum atomic E-state index is 14.6. The maximum absolute atomic E-state index is 14.6. The van der Waals surface area contributed by atoms with Crippen LogP contribution in [0.4, 0.5) is 13.8 Å². The number of benzene rings is 2. The summed E-state index contributed by atoms with van der Waals surface area (Å²) in [6, 6.07) is 13.4. The lowest BCUT2D eigenvalue weighted by Gasteiger charge is -2.34. The topological polar surface area (TPSA) is 73.6 Å². The molecular formula is C28H30F2N8S. The van der Waals surface area contributed by atoms with E-state index in [1.165, 1.54) is 6.20 Å². The standard InChI is InChI=1S/C28H30F2N8S/c1-19(36-11-7-31-8-12-36)23-6-5-21(29)16-25(23)24-4-2-3-20-15-26(39-27(20)24)38-18-22(30)17-33-28(38)32-9-13-37-14-10-34-35-37/h2-6,10,14-17,19,31H,7-9,11-13,18H2,1H3,(H,32,33). The van der Waals surface area contributed by atoms with Gasteiger partial charge in [0, 0.05) is 49.7 Å². The lowest BCUT2D eigenvalue weighted by molar-refractivity contribution is 0.186. The number of anilines is 1. The Hall–Kier alpha value is -3.67. The number of aromatic nitrogens is 3. The summed E-state index contributed by atoms with van der Waals surface area (Å²) < 4.78 is 31.8. The van der Waals surface area contributed by atoms with Gasteiger partial charge in [-0.25, -0.2) is 13.8 Å². The number of nitrogens with one attached hydrogen (secondary N) is 2. The fourth-order valence-electron chi connectivity index (χ4n) is 5.21. The van der Waals surface area contributed by atoms with Crippen molar-refractivity contribution >= 4 is 32.4 Å². The van der Waals surface area contributed by atoms with E-state index >= 15 is 0 Å². The van der Waals surface area contributed by atoms with E-state index in [0.717, 1.165) is 58.0 Å². The molecule has 2 aliphatic rings. The van der Waals surface area contributed by atoms with E-state index in [-0.39, 0.29) is 24.2 Å². The van der Waals surface area contributed by atoms with Crippen LogP contribution in [-0.4, -0.2) is 65.1 Å². The Morgan fingerprint density at radius 3 is 2.79 bits per heavy atom. The van der Waals surface area contributed by atoms with Crippen molar-refractivity contribution < 1.29 is 8.78 Å². The zero-order valence-electron chi connectivity index (χ0n) is 21.6. The highest BCUT2D eigenvalue weighted by molar-refractivity contribution is 7.23. The zero-order chi connectivity index (χ0) is 26.8. The molecule has 0 aliphatic carbocycles. The smallest absolute Gasteiger partial charge is 0.204 e. The van der Waals surface area contributed by atoms with Crippen LogP contribution in [0.5, 0.6) is 0 Å². The van der Waals surface area contributed by atoms with Gasteiger partial charge in [0.15, 0.2) is 0 Å². The summed E-state index contributed by atoms with van der Waals surface area (Å²) in [6.45, 7) is 7.23. The van der Waals surface area contributed by atoms with Crippen LogP contribution >= 0.6 is 11.3 Å². The van der Waals surface area contributed by atoms with E-state index in [1.54, 1.807) is 40.5 Å². The molecule has 202 valence electrons. The largest absolute Gasteiger partial charge is 0.354 e. The van der Waals surface area contributed by atoms with Crippen molar-refractivity contribution in [1.82, 2.24) is 30.5 Å². The van der Waals surface area contributed by atoms with E-state index in [0.29, 0.717) is 19.0 Å². The number of piperazine rings is 1. The van der Waals surface area contributed by atoms with E-state index in [9.17, 15) is 8.78 Å². The molecule has 1 fully saturated rings. The van der Waals surface area contributed by atoms with Crippen molar-refractivity contribution in [3.05, 3.63) is 78.3 Å². The van der Waals surface area contributed by atoms with Gasteiger partial charge in [0.2, 0.25) is 5.96 Å². The van der Waals surface area contributed by atoms with Crippen molar-refractivity contribution in [2.45, 2.75) is 19.5 Å². The lowest BCUT2D eigenvalue weighted by Crippen LogP contribution is -2.44. The molecule has 39 heavy (non-hydrogen) atoms. The number of hydrogen-bond donors (Lipinski definition) is 2. The van der Waals surface area contributed by atoms with Crippen LogP contribution in [0, 0.1) is 5.82 Å². The molecule has 2 aromatic heterocycles. The molecule has 0 bridgehead atoms. The summed E-state index contributed by atoms with van der Waals surface area (Å²) in [5.74, 6) is -0.000511. The summed E-state index contributed by atoms with van der Waals surface area (Å²) >= 11 is 1.56. The minimum absolute atomic E-state index is 0.0859. The average Bonchev–Trinajstić information content (AvgIpc) is 3.64. The fourth-order valence-corrected chi connectivity index (χ4v) is 6.40. The van der Waals surface area contributed by atoms with Gasteiger partial charge in [0.25, 0.3) is 0 Å². The summed E-state index contributed by atoms with van der Waals surface area (Å²) in [6.07, 6.45) is 4.67. The van der Waals surface area contributed by atoms with E-state index < -0.39 is 0 Å². The van der Waals surface area contributed by atoms with Crippen LogP contribution in [0.3, 0.4) is 0 Å². The van der Waals surface area contributed by atoms with Crippen molar-refractivity contribution in [3.63, 3.8) is 0 Å². The number of aliphatic imine (C=N–C) groups is 1. The van der Waals surface area contributed by atoms with Gasteiger partial charge in [-0.15, -0.1) is 16.4 Å². The van der Waals surface area contributed by atoms with Gasteiger partial charge in [0.1, 0.15) is 11.6 Å². The second-order valence-electron chi connectivity index (χ2n) is 9.71. The summed E-state index contributed by atoms with van der Waals surface area (Å²) in [5.41, 5.74) is 2.97. The first-order valence-electron chi connectivity index (χ1n) is 13.1. The molecule has 0 amide bonds. The zero-order valence-corrected chi connectivity index (χ0v) is 22.5. The van der Waals surface area contributed by atoms with Gasteiger partial charge in [-0.1, -0.05) is 29.5 Å². The maximum Gasteiger partial charge on any atom is 0.204 e. The average molecular weight is 549 g/mol. The normalized spacial score (nSPS) is 17.3. The minimum atomic E-state index is -0.313. The Morgan fingerprint density at radius 2 is 1.97 bits per heavy atom. The third kappa shape index (κ3) is 5.42. The highest BCUT2D eigenvalue weighted by atomic mass is 32.1. The van der Waals surface area contributed by atoms with Crippen LogP contribution < -0.4 is 15.5 Å². The van der Waals surface area contributed by atoms with Crippen LogP contribution in [0.25, 0.3) is 21.2 Å². The van der Waals surface area contributed by atoms with Gasteiger partial charge in [-0.05, 0) is 47.2 Å². The van der Waals surface area contributed by atoms with Gasteiger partial charge in [-0.3, -0.25) is 14.5 Å². The van der Waals surface area contributed by atoms with Gasteiger partial charge >= 0.3 is 0 Å². The molecule has 1 saturated heterocycles. The van der Waals surface area contributed by atoms with Crippen LogP contribution in [0.1, 0.15) is 18.5 Å². The van der Waals surface area contributed by atoms with Crippen LogP contribution in [0.2, 0.25) is 0 Å². The third-order valence-electron chi connectivity index (χ3n) is 7.24. The SMILES string of the molecule is CC(c1ccc(F)cc1-c1cccc2cc(N3CC(F)=CN=C3NCCn3ccnn3)sc12)N1CCNCC1. The van der Waals surface area contributed by atoms with Crippen molar-refractivity contribution in [3.8, 4) is 11.1 Å². The Kier molecular flexibility index (Phi) is 7.36. The Balaban J connectivity index is 1.33. The first-order valence-corrected chi connectivity index (χ1v) is 13.9. The fraction of sp³-hybridized carbons (Fsp3) is 0.321.